The second kappa shape index (κ2) is 3.94. The predicted molar refractivity (Wildman–Crippen MR) is 40.1 cm³/mol. The number of alkyl halides is 3. The molecule has 68 valence electrons. The molecule has 11 heavy (non-hydrogen) atoms. The zero-order valence-electron chi connectivity index (χ0n) is 6.01. The van der Waals surface area contributed by atoms with Crippen molar-refractivity contribution in [3.8, 4) is 0 Å². The van der Waals surface area contributed by atoms with E-state index in [2.05, 4.69) is 9.05 Å². The van der Waals surface area contributed by atoms with Crippen LogP contribution in [0, 0.1) is 0 Å². The van der Waals surface area contributed by atoms with Gasteiger partial charge in [0, 0.05) is 23.0 Å². The molecular formula is C4H8BrF2O3P. The van der Waals surface area contributed by atoms with Crippen molar-refractivity contribution in [2.75, 3.05) is 13.7 Å². The summed E-state index contributed by atoms with van der Waals surface area (Å²) in [6.45, 7) is 1.36. The summed E-state index contributed by atoms with van der Waals surface area (Å²) in [5, 5.41) is 0. The molecule has 0 fully saturated rings. The van der Waals surface area contributed by atoms with Crippen LogP contribution in [-0.2, 0) is 13.6 Å². The predicted octanol–water partition coefficient (Wildman–Crippen LogP) is 2.81. The van der Waals surface area contributed by atoms with Gasteiger partial charge in [-0.15, -0.1) is 0 Å². The lowest BCUT2D eigenvalue weighted by atomic mass is 10.9. The average molecular weight is 253 g/mol. The number of hydrogen-bond acceptors (Lipinski definition) is 3. The van der Waals surface area contributed by atoms with E-state index < -0.39 is 12.2 Å². The highest BCUT2D eigenvalue weighted by Crippen LogP contribution is 2.64. The highest BCUT2D eigenvalue weighted by atomic mass is 79.9. The smallest absolute Gasteiger partial charge is 0.307 e. The molecule has 0 heterocycles. The molecule has 0 aliphatic heterocycles. The van der Waals surface area contributed by atoms with E-state index in [0.29, 0.717) is 0 Å². The average Bonchev–Trinajstić information content (AvgIpc) is 1.86. The fourth-order valence-corrected chi connectivity index (χ4v) is 1.94. The van der Waals surface area contributed by atoms with Crippen molar-refractivity contribution < 1.29 is 22.4 Å². The second-order valence-corrected chi connectivity index (χ2v) is 5.35. The molecule has 0 N–H and O–H groups in total. The van der Waals surface area contributed by atoms with Gasteiger partial charge < -0.3 is 9.05 Å². The summed E-state index contributed by atoms with van der Waals surface area (Å²) in [5.41, 5.74) is 0. The van der Waals surface area contributed by atoms with E-state index in [-0.39, 0.29) is 6.61 Å². The van der Waals surface area contributed by atoms with E-state index in [0.717, 1.165) is 7.11 Å². The van der Waals surface area contributed by atoms with Crippen LogP contribution in [0.3, 0.4) is 0 Å². The molecule has 0 rings (SSSR count). The lowest BCUT2D eigenvalue weighted by Gasteiger charge is -2.19. The van der Waals surface area contributed by atoms with Crippen molar-refractivity contribution in [3.05, 3.63) is 0 Å². The van der Waals surface area contributed by atoms with Crippen molar-refractivity contribution >= 4 is 23.5 Å². The van der Waals surface area contributed by atoms with Crippen molar-refractivity contribution in [2.24, 2.45) is 0 Å². The van der Waals surface area contributed by atoms with Crippen molar-refractivity contribution in [3.63, 3.8) is 0 Å². The Balaban J connectivity index is 4.48. The molecule has 0 aliphatic carbocycles. The quantitative estimate of drug-likeness (QED) is 0.570. The van der Waals surface area contributed by atoms with Gasteiger partial charge in [0.1, 0.15) is 0 Å². The Kier molecular flexibility index (Phi) is 4.11. The maximum atomic E-state index is 12.4. The Labute approximate surface area is 71.7 Å². The van der Waals surface area contributed by atoms with E-state index in [4.69, 9.17) is 0 Å². The molecule has 0 saturated heterocycles. The molecule has 0 amide bonds. The van der Waals surface area contributed by atoms with Crippen molar-refractivity contribution in [2.45, 2.75) is 11.5 Å². The third-order valence-electron chi connectivity index (χ3n) is 0.850. The van der Waals surface area contributed by atoms with Crippen LogP contribution in [0.15, 0.2) is 0 Å². The molecule has 0 aromatic heterocycles. The Bertz CT molecular complexity index is 169. The van der Waals surface area contributed by atoms with Crippen molar-refractivity contribution in [1.29, 1.82) is 0 Å². The highest BCUT2D eigenvalue weighted by molar-refractivity contribution is 9.11. The van der Waals surface area contributed by atoms with Gasteiger partial charge in [-0.2, -0.15) is 8.78 Å². The standard InChI is InChI=1S/C4H8BrF2O3P/c1-3-10-11(8,9-2)4(5,6)7/h3H2,1-2H3. The SMILES string of the molecule is CCOP(=O)(OC)C(F)(F)Br. The first-order valence-corrected chi connectivity index (χ1v) is 5.08. The van der Waals surface area contributed by atoms with Gasteiger partial charge in [-0.1, -0.05) is 0 Å². The summed E-state index contributed by atoms with van der Waals surface area (Å²) in [6, 6.07) is 0. The summed E-state index contributed by atoms with van der Waals surface area (Å²) in [5.74, 6) is 0. The topological polar surface area (TPSA) is 35.5 Å². The molecule has 1 atom stereocenters. The number of hydrogen-bond donors (Lipinski definition) is 0. The molecule has 0 saturated carbocycles. The molecule has 3 nitrogen and oxygen atoms in total. The lowest BCUT2D eigenvalue weighted by Crippen LogP contribution is -2.10. The number of rotatable bonds is 4. The van der Waals surface area contributed by atoms with Gasteiger partial charge >= 0.3 is 12.2 Å². The Morgan fingerprint density at radius 3 is 2.18 bits per heavy atom. The monoisotopic (exact) mass is 252 g/mol. The van der Waals surface area contributed by atoms with Crippen LogP contribution in [0.2, 0.25) is 0 Å². The molecule has 0 aromatic rings. The first-order valence-electron chi connectivity index (χ1n) is 2.74. The van der Waals surface area contributed by atoms with Gasteiger partial charge in [-0.3, -0.25) is 4.57 Å². The molecule has 0 aliphatic rings. The molecule has 0 aromatic carbocycles. The normalized spacial score (nSPS) is 17.9. The third-order valence-corrected chi connectivity index (χ3v) is 3.85. The van der Waals surface area contributed by atoms with Crippen LogP contribution < -0.4 is 0 Å². The zero-order chi connectivity index (χ0) is 9.12. The van der Waals surface area contributed by atoms with Crippen LogP contribution in [0.5, 0.6) is 0 Å². The minimum absolute atomic E-state index is 0.0910. The zero-order valence-corrected chi connectivity index (χ0v) is 8.49. The molecular weight excluding hydrogens is 245 g/mol. The number of halogens is 3. The second-order valence-electron chi connectivity index (χ2n) is 1.57. The van der Waals surface area contributed by atoms with Gasteiger partial charge in [0.2, 0.25) is 0 Å². The Morgan fingerprint density at radius 2 is 2.09 bits per heavy atom. The minimum Gasteiger partial charge on any atom is -0.307 e. The van der Waals surface area contributed by atoms with Crippen LogP contribution in [-0.4, -0.2) is 18.3 Å². The molecule has 0 radical (unpaired) electrons. The fraction of sp³-hybridized carbons (Fsp3) is 1.00. The van der Waals surface area contributed by atoms with Crippen LogP contribution in [0.4, 0.5) is 8.78 Å². The molecule has 0 spiro atoms. The van der Waals surface area contributed by atoms with E-state index >= 15 is 0 Å². The first-order chi connectivity index (χ1) is 4.87. The van der Waals surface area contributed by atoms with E-state index in [9.17, 15) is 13.3 Å². The van der Waals surface area contributed by atoms with Gasteiger partial charge in [0.15, 0.2) is 0 Å². The van der Waals surface area contributed by atoms with Crippen LogP contribution >= 0.6 is 23.5 Å². The Morgan fingerprint density at radius 1 is 1.64 bits per heavy atom. The summed E-state index contributed by atoms with van der Waals surface area (Å²) in [7, 11) is -3.39. The van der Waals surface area contributed by atoms with Crippen molar-refractivity contribution in [1.82, 2.24) is 0 Å². The molecule has 7 heteroatoms. The van der Waals surface area contributed by atoms with Gasteiger partial charge in [0.05, 0.1) is 6.61 Å². The summed E-state index contributed by atoms with van der Waals surface area (Å²) in [4.78, 5) is 0. The molecule has 1 unspecified atom stereocenters. The van der Waals surface area contributed by atoms with Gasteiger partial charge in [-0.25, -0.2) is 0 Å². The van der Waals surface area contributed by atoms with Gasteiger partial charge in [0.25, 0.3) is 0 Å². The maximum absolute atomic E-state index is 12.4. The summed E-state index contributed by atoms with van der Waals surface area (Å²) in [6.07, 6.45) is 0. The fourth-order valence-electron chi connectivity index (χ4n) is 0.399. The highest BCUT2D eigenvalue weighted by Gasteiger charge is 2.50. The van der Waals surface area contributed by atoms with Crippen LogP contribution in [0.25, 0.3) is 0 Å². The van der Waals surface area contributed by atoms with E-state index in [1.54, 1.807) is 0 Å². The summed E-state index contributed by atoms with van der Waals surface area (Å²) >= 11 is 1.92. The third kappa shape index (κ3) is 2.78. The first kappa shape index (κ1) is 11.5. The molecule has 0 bridgehead atoms. The van der Waals surface area contributed by atoms with E-state index in [1.165, 1.54) is 6.92 Å². The summed E-state index contributed by atoms with van der Waals surface area (Å²) < 4.78 is 40.4. The lowest BCUT2D eigenvalue weighted by molar-refractivity contribution is 0.126. The van der Waals surface area contributed by atoms with Crippen LogP contribution in [0.1, 0.15) is 6.92 Å². The largest absolute Gasteiger partial charge is 0.410 e. The maximum Gasteiger partial charge on any atom is 0.410 e. The minimum atomic E-state index is -4.30. The Hall–Kier alpha value is 0.490. The van der Waals surface area contributed by atoms with E-state index in [1.807, 2.05) is 15.9 Å². The van der Waals surface area contributed by atoms with Gasteiger partial charge in [-0.05, 0) is 6.92 Å².